The lowest BCUT2D eigenvalue weighted by Crippen LogP contribution is -2.47. The fourth-order valence-electron chi connectivity index (χ4n) is 5.62. The largest absolute Gasteiger partial charge is 0.452 e. The summed E-state index contributed by atoms with van der Waals surface area (Å²) in [4.78, 5) is 50.2. The van der Waals surface area contributed by atoms with Crippen molar-refractivity contribution in [3.05, 3.63) is 12.2 Å². The fraction of sp³-hybridized carbons (Fsp3) is 0.727. The molecule has 0 spiro atoms. The van der Waals surface area contributed by atoms with Gasteiger partial charge in [0, 0.05) is 5.57 Å². The molecule has 0 aromatic carbocycles. The number of hydrogen-bond acceptors (Lipinski definition) is 7. The second-order valence-corrected chi connectivity index (χ2v) is 9.28. The van der Waals surface area contributed by atoms with Gasteiger partial charge in [-0.05, 0) is 82.0 Å². The van der Waals surface area contributed by atoms with Crippen LogP contribution in [0.25, 0.3) is 0 Å². The number of imide groups is 3. The van der Waals surface area contributed by atoms with Crippen LogP contribution in [0.2, 0.25) is 0 Å². The number of nitrogens with zero attached hydrogens (tertiary/aromatic N) is 1. The molecule has 0 heterocycles. The van der Waals surface area contributed by atoms with E-state index >= 15 is 0 Å². The zero-order valence-electron chi connectivity index (χ0n) is 17.3. The Labute approximate surface area is 175 Å². The Bertz CT molecular complexity index is 721. The van der Waals surface area contributed by atoms with Gasteiger partial charge in [0.1, 0.15) is 12.2 Å². The van der Waals surface area contributed by atoms with Gasteiger partial charge in [-0.25, -0.2) is 14.4 Å². The number of hydrogen-bond donors (Lipinski definition) is 0. The summed E-state index contributed by atoms with van der Waals surface area (Å²) >= 11 is 0. The first-order chi connectivity index (χ1) is 14.3. The summed E-state index contributed by atoms with van der Waals surface area (Å²) in [6.45, 7) is 4.13. The molecule has 164 valence electrons. The molecule has 0 aromatic heterocycles. The van der Waals surface area contributed by atoms with Gasteiger partial charge in [0.05, 0.1) is 0 Å². The summed E-state index contributed by atoms with van der Waals surface area (Å²) in [5.74, 6) is -0.126. The van der Waals surface area contributed by atoms with Crippen LogP contribution in [0.5, 0.6) is 0 Å². The second-order valence-electron chi connectivity index (χ2n) is 9.28. The number of amides is 3. The third-order valence-corrected chi connectivity index (χ3v) is 7.14. The SMILES string of the molecule is C=C(C)C(=O)OCC(=O)N(C(=O)OC1CC2CCC1C2)C(=O)OC1CC2CCC1C2. The Morgan fingerprint density at radius 1 is 0.833 bits per heavy atom. The molecule has 0 N–H and O–H groups in total. The molecular weight excluding hydrogens is 390 g/mol. The molecule has 3 amide bonds. The summed E-state index contributed by atoms with van der Waals surface area (Å²) < 4.78 is 15.9. The standard InChI is InChI=1S/C22H29NO7/c1-12(2)20(25)28-11-19(24)23(21(26)29-17-9-13-3-5-15(17)7-13)22(27)30-18-10-14-4-6-16(18)8-14/h13-18H,1,3-11H2,2H3. The highest BCUT2D eigenvalue weighted by molar-refractivity contribution is 6.07. The molecule has 4 bridgehead atoms. The van der Waals surface area contributed by atoms with Gasteiger partial charge >= 0.3 is 18.2 Å². The average molecular weight is 419 g/mol. The van der Waals surface area contributed by atoms with Gasteiger partial charge in [0.25, 0.3) is 5.91 Å². The third-order valence-electron chi connectivity index (χ3n) is 7.14. The first-order valence-electron chi connectivity index (χ1n) is 10.9. The molecule has 4 rings (SSSR count). The topological polar surface area (TPSA) is 99.2 Å². The lowest BCUT2D eigenvalue weighted by molar-refractivity contribution is -0.147. The van der Waals surface area contributed by atoms with Gasteiger partial charge in [0.15, 0.2) is 6.61 Å². The molecule has 0 radical (unpaired) electrons. The Morgan fingerprint density at radius 2 is 1.33 bits per heavy atom. The predicted molar refractivity (Wildman–Crippen MR) is 104 cm³/mol. The molecule has 8 nitrogen and oxygen atoms in total. The van der Waals surface area contributed by atoms with Crippen molar-refractivity contribution in [2.75, 3.05) is 6.61 Å². The summed E-state index contributed by atoms with van der Waals surface area (Å²) in [7, 11) is 0. The number of rotatable bonds is 5. The molecule has 0 aromatic rings. The van der Waals surface area contributed by atoms with Crippen LogP contribution in [0.4, 0.5) is 9.59 Å². The van der Waals surface area contributed by atoms with Crippen molar-refractivity contribution in [3.8, 4) is 0 Å². The Kier molecular flexibility index (Phi) is 5.84. The normalized spacial score (nSPS) is 33.2. The van der Waals surface area contributed by atoms with E-state index in [9.17, 15) is 19.2 Å². The van der Waals surface area contributed by atoms with E-state index in [2.05, 4.69) is 6.58 Å². The van der Waals surface area contributed by atoms with Crippen LogP contribution in [-0.2, 0) is 23.8 Å². The summed E-state index contributed by atoms with van der Waals surface area (Å²) in [5, 5.41) is 0. The smallest absolute Gasteiger partial charge is 0.426 e. The molecule has 4 aliphatic rings. The van der Waals surface area contributed by atoms with Crippen molar-refractivity contribution in [2.24, 2.45) is 23.7 Å². The van der Waals surface area contributed by atoms with Crippen LogP contribution in [0.3, 0.4) is 0 Å². The monoisotopic (exact) mass is 419 g/mol. The predicted octanol–water partition coefficient (Wildman–Crippen LogP) is 3.58. The molecule has 4 aliphatic carbocycles. The number of fused-ring (bicyclic) bond motifs is 4. The molecule has 30 heavy (non-hydrogen) atoms. The minimum absolute atomic E-state index is 0.114. The van der Waals surface area contributed by atoms with Gasteiger partial charge in [-0.1, -0.05) is 6.58 Å². The minimum atomic E-state index is -1.04. The molecule has 4 fully saturated rings. The van der Waals surface area contributed by atoms with E-state index in [1.165, 1.54) is 6.92 Å². The lowest BCUT2D eigenvalue weighted by Gasteiger charge is -2.27. The molecule has 0 saturated heterocycles. The van der Waals surface area contributed by atoms with Crippen molar-refractivity contribution in [1.29, 1.82) is 0 Å². The van der Waals surface area contributed by atoms with E-state index in [0.717, 1.165) is 51.4 Å². The highest BCUT2D eigenvalue weighted by atomic mass is 16.6. The lowest BCUT2D eigenvalue weighted by atomic mass is 9.98. The van der Waals surface area contributed by atoms with Crippen molar-refractivity contribution in [1.82, 2.24) is 4.90 Å². The summed E-state index contributed by atoms with van der Waals surface area (Å²) in [6, 6.07) is 0. The quantitative estimate of drug-likeness (QED) is 0.381. The van der Waals surface area contributed by atoms with Gasteiger partial charge in [-0.3, -0.25) is 4.79 Å². The van der Waals surface area contributed by atoms with Crippen LogP contribution < -0.4 is 0 Å². The highest BCUT2D eigenvalue weighted by Gasteiger charge is 2.46. The van der Waals surface area contributed by atoms with Gasteiger partial charge in [-0.2, -0.15) is 0 Å². The highest BCUT2D eigenvalue weighted by Crippen LogP contribution is 2.47. The number of carbonyl (C=O) groups is 4. The number of ether oxygens (including phenoxy) is 3. The molecular formula is C22H29NO7. The maximum Gasteiger partial charge on any atom is 0.426 e. The molecule has 4 saturated carbocycles. The van der Waals surface area contributed by atoms with E-state index in [4.69, 9.17) is 14.2 Å². The van der Waals surface area contributed by atoms with Crippen LogP contribution in [0.15, 0.2) is 12.2 Å². The van der Waals surface area contributed by atoms with Crippen molar-refractivity contribution in [2.45, 2.75) is 70.5 Å². The van der Waals surface area contributed by atoms with Crippen molar-refractivity contribution in [3.63, 3.8) is 0 Å². The zero-order valence-corrected chi connectivity index (χ0v) is 17.3. The van der Waals surface area contributed by atoms with Crippen LogP contribution in [-0.4, -0.2) is 47.8 Å². The number of carbonyl (C=O) groups excluding carboxylic acids is 4. The van der Waals surface area contributed by atoms with Crippen LogP contribution in [0.1, 0.15) is 58.3 Å². The number of esters is 1. The van der Waals surface area contributed by atoms with E-state index in [0.29, 0.717) is 16.7 Å². The molecule has 6 atom stereocenters. The van der Waals surface area contributed by atoms with Gasteiger partial charge < -0.3 is 14.2 Å². The first-order valence-corrected chi connectivity index (χ1v) is 10.9. The van der Waals surface area contributed by atoms with E-state index in [1.807, 2.05) is 0 Å². The first kappa shape index (κ1) is 20.9. The Hall–Kier alpha value is -2.38. The van der Waals surface area contributed by atoms with Crippen molar-refractivity contribution < 1.29 is 33.4 Å². The molecule has 8 heteroatoms. The van der Waals surface area contributed by atoms with Gasteiger partial charge in [-0.15, -0.1) is 4.90 Å². The summed E-state index contributed by atoms with van der Waals surface area (Å²) in [5.41, 5.74) is 0.114. The maximum absolute atomic E-state index is 12.8. The maximum atomic E-state index is 12.8. The Balaban J connectivity index is 1.41. The van der Waals surface area contributed by atoms with E-state index in [-0.39, 0.29) is 29.6 Å². The van der Waals surface area contributed by atoms with Crippen LogP contribution >= 0.6 is 0 Å². The van der Waals surface area contributed by atoms with Gasteiger partial charge in [0.2, 0.25) is 0 Å². The average Bonchev–Trinajstić information content (AvgIpc) is 3.47. The van der Waals surface area contributed by atoms with E-state index < -0.39 is 30.7 Å². The third kappa shape index (κ3) is 4.23. The molecule has 6 unspecified atom stereocenters. The van der Waals surface area contributed by atoms with E-state index in [1.54, 1.807) is 0 Å². The minimum Gasteiger partial charge on any atom is -0.452 e. The zero-order chi connectivity index (χ0) is 21.4. The second kappa shape index (κ2) is 8.40. The fourth-order valence-corrected chi connectivity index (χ4v) is 5.62. The Morgan fingerprint density at radius 3 is 1.70 bits per heavy atom. The van der Waals surface area contributed by atoms with Crippen LogP contribution in [0, 0.1) is 23.7 Å². The molecule has 0 aliphatic heterocycles. The summed E-state index contributed by atoms with van der Waals surface area (Å²) in [6.07, 6.45) is 5.10. The van der Waals surface area contributed by atoms with Crippen molar-refractivity contribution >= 4 is 24.1 Å².